The summed E-state index contributed by atoms with van der Waals surface area (Å²) in [6.45, 7) is 1.85. The monoisotopic (exact) mass is 272 g/mol. The summed E-state index contributed by atoms with van der Waals surface area (Å²) in [5.41, 5.74) is 1.16. The van der Waals surface area contributed by atoms with Crippen LogP contribution in [0.1, 0.15) is 5.56 Å². The van der Waals surface area contributed by atoms with Gasteiger partial charge in [0.25, 0.3) is 0 Å². The van der Waals surface area contributed by atoms with Crippen molar-refractivity contribution in [2.45, 2.75) is 6.92 Å². The Kier molecular flexibility index (Phi) is 3.40. The molecule has 17 heavy (non-hydrogen) atoms. The molecule has 2 aromatic rings. The van der Waals surface area contributed by atoms with Crippen molar-refractivity contribution >= 4 is 34.8 Å². The molecule has 0 aliphatic rings. The molecule has 1 N–H and O–H groups in total. The Morgan fingerprint density at radius 1 is 1.12 bits per heavy atom. The SMILES string of the molecule is Cc1ccc(F)c(Nc2nc(Cl)nc(Cl)n2)c1. The molecule has 0 amide bonds. The molecule has 1 heterocycles. The van der Waals surface area contributed by atoms with Crippen LogP contribution >= 0.6 is 23.2 Å². The number of hydrogen-bond acceptors (Lipinski definition) is 4. The highest BCUT2D eigenvalue weighted by Crippen LogP contribution is 2.20. The van der Waals surface area contributed by atoms with E-state index >= 15 is 0 Å². The summed E-state index contributed by atoms with van der Waals surface area (Å²) in [4.78, 5) is 11.2. The molecule has 0 saturated heterocycles. The highest BCUT2D eigenvalue weighted by Gasteiger charge is 2.07. The first-order chi connectivity index (χ1) is 8.04. The van der Waals surface area contributed by atoms with E-state index in [9.17, 15) is 4.39 Å². The van der Waals surface area contributed by atoms with Crippen LogP contribution in [0, 0.1) is 12.7 Å². The molecule has 88 valence electrons. The molecule has 4 nitrogen and oxygen atoms in total. The number of benzene rings is 1. The quantitative estimate of drug-likeness (QED) is 0.911. The molecular weight excluding hydrogens is 266 g/mol. The van der Waals surface area contributed by atoms with Gasteiger partial charge in [-0.2, -0.15) is 15.0 Å². The summed E-state index contributed by atoms with van der Waals surface area (Å²) >= 11 is 11.2. The fourth-order valence-corrected chi connectivity index (χ4v) is 1.60. The van der Waals surface area contributed by atoms with Crippen molar-refractivity contribution in [3.63, 3.8) is 0 Å². The smallest absolute Gasteiger partial charge is 0.232 e. The van der Waals surface area contributed by atoms with Gasteiger partial charge in [-0.25, -0.2) is 4.39 Å². The van der Waals surface area contributed by atoms with Crippen LogP contribution in [0.15, 0.2) is 18.2 Å². The maximum absolute atomic E-state index is 13.5. The van der Waals surface area contributed by atoms with E-state index in [1.165, 1.54) is 6.07 Å². The molecule has 1 aromatic carbocycles. The number of nitrogens with one attached hydrogen (secondary N) is 1. The van der Waals surface area contributed by atoms with Gasteiger partial charge in [0, 0.05) is 0 Å². The van der Waals surface area contributed by atoms with Crippen LogP contribution in [0.3, 0.4) is 0 Å². The van der Waals surface area contributed by atoms with Crippen LogP contribution in [0.25, 0.3) is 0 Å². The van der Waals surface area contributed by atoms with Crippen molar-refractivity contribution in [1.29, 1.82) is 0 Å². The summed E-state index contributed by atoms with van der Waals surface area (Å²) in [6, 6.07) is 4.64. The zero-order valence-corrected chi connectivity index (χ0v) is 10.2. The molecule has 0 aliphatic carbocycles. The van der Waals surface area contributed by atoms with E-state index in [4.69, 9.17) is 23.2 Å². The minimum Gasteiger partial charge on any atom is -0.321 e. The summed E-state index contributed by atoms with van der Waals surface area (Å²) in [5, 5.41) is 2.58. The number of aromatic nitrogens is 3. The van der Waals surface area contributed by atoms with E-state index in [2.05, 4.69) is 20.3 Å². The van der Waals surface area contributed by atoms with E-state index in [-0.39, 0.29) is 22.2 Å². The minimum atomic E-state index is -0.414. The highest BCUT2D eigenvalue weighted by atomic mass is 35.5. The Hall–Kier alpha value is -1.46. The standard InChI is InChI=1S/C10H7Cl2FN4/c1-5-2-3-6(13)7(4-5)14-10-16-8(11)15-9(12)17-10/h2-4H,1H3,(H,14,15,16,17). The van der Waals surface area contributed by atoms with Crippen LogP contribution in [-0.4, -0.2) is 15.0 Å². The molecule has 0 aliphatic heterocycles. The average molecular weight is 273 g/mol. The molecule has 7 heteroatoms. The predicted molar refractivity (Wildman–Crippen MR) is 64.3 cm³/mol. The van der Waals surface area contributed by atoms with E-state index in [0.29, 0.717) is 0 Å². The number of halogens is 3. The predicted octanol–water partition coefficient (Wildman–Crippen LogP) is 3.37. The zero-order chi connectivity index (χ0) is 12.4. The molecule has 0 unspecified atom stereocenters. The average Bonchev–Trinajstić information content (AvgIpc) is 2.22. The lowest BCUT2D eigenvalue weighted by atomic mass is 10.2. The van der Waals surface area contributed by atoms with Crippen LogP contribution in [0.4, 0.5) is 16.0 Å². The Balaban J connectivity index is 2.34. The van der Waals surface area contributed by atoms with E-state index in [1.54, 1.807) is 12.1 Å². The van der Waals surface area contributed by atoms with Crippen LogP contribution < -0.4 is 5.32 Å². The second-order valence-corrected chi connectivity index (χ2v) is 3.98. The Morgan fingerprint density at radius 3 is 2.41 bits per heavy atom. The molecule has 0 saturated carbocycles. The van der Waals surface area contributed by atoms with E-state index < -0.39 is 5.82 Å². The van der Waals surface area contributed by atoms with Gasteiger partial charge in [0.1, 0.15) is 5.82 Å². The Morgan fingerprint density at radius 2 is 1.76 bits per heavy atom. The van der Waals surface area contributed by atoms with Crippen molar-refractivity contribution in [1.82, 2.24) is 15.0 Å². The fraction of sp³-hybridized carbons (Fsp3) is 0.100. The van der Waals surface area contributed by atoms with Gasteiger partial charge in [0.05, 0.1) is 5.69 Å². The van der Waals surface area contributed by atoms with E-state index in [0.717, 1.165) is 5.56 Å². The molecule has 0 radical (unpaired) electrons. The third-order valence-corrected chi connectivity index (χ3v) is 2.29. The number of aryl methyl sites for hydroxylation is 1. The van der Waals surface area contributed by atoms with Crippen molar-refractivity contribution in [2.75, 3.05) is 5.32 Å². The highest BCUT2D eigenvalue weighted by molar-refractivity contribution is 6.31. The summed E-state index contributed by atoms with van der Waals surface area (Å²) in [5.74, 6) is -0.317. The van der Waals surface area contributed by atoms with Crippen molar-refractivity contribution in [2.24, 2.45) is 0 Å². The Bertz CT molecular complexity index is 542. The van der Waals surface area contributed by atoms with Gasteiger partial charge >= 0.3 is 0 Å². The normalized spacial score (nSPS) is 10.4. The van der Waals surface area contributed by atoms with E-state index in [1.807, 2.05) is 6.92 Å². The van der Waals surface area contributed by atoms with Gasteiger partial charge in [0.2, 0.25) is 16.5 Å². The lowest BCUT2D eigenvalue weighted by molar-refractivity contribution is 0.631. The number of nitrogens with zero attached hydrogens (tertiary/aromatic N) is 3. The zero-order valence-electron chi connectivity index (χ0n) is 8.71. The third-order valence-electron chi connectivity index (χ3n) is 1.95. The van der Waals surface area contributed by atoms with Gasteiger partial charge in [-0.05, 0) is 47.8 Å². The Labute approximate surface area is 107 Å². The first kappa shape index (κ1) is 12.0. The fourth-order valence-electron chi connectivity index (χ4n) is 1.24. The maximum atomic E-state index is 13.5. The minimum absolute atomic E-state index is 0.0550. The molecular formula is C10H7Cl2FN4. The number of anilines is 2. The van der Waals surface area contributed by atoms with Crippen molar-refractivity contribution in [3.05, 3.63) is 40.1 Å². The largest absolute Gasteiger partial charge is 0.321 e. The first-order valence-electron chi connectivity index (χ1n) is 4.65. The van der Waals surface area contributed by atoms with Crippen LogP contribution in [-0.2, 0) is 0 Å². The molecule has 1 aromatic heterocycles. The van der Waals surface area contributed by atoms with Crippen LogP contribution in [0.2, 0.25) is 10.6 Å². The van der Waals surface area contributed by atoms with Gasteiger partial charge in [-0.1, -0.05) is 6.07 Å². The molecule has 0 spiro atoms. The topological polar surface area (TPSA) is 50.7 Å². The second-order valence-electron chi connectivity index (χ2n) is 3.31. The summed E-state index contributed by atoms with van der Waals surface area (Å²) in [7, 11) is 0. The lowest BCUT2D eigenvalue weighted by Gasteiger charge is -2.06. The van der Waals surface area contributed by atoms with Crippen LogP contribution in [0.5, 0.6) is 0 Å². The first-order valence-corrected chi connectivity index (χ1v) is 5.40. The molecule has 0 fully saturated rings. The third kappa shape index (κ3) is 3.01. The number of rotatable bonds is 2. The molecule has 0 atom stereocenters. The van der Waals surface area contributed by atoms with Crippen molar-refractivity contribution in [3.8, 4) is 0 Å². The number of hydrogen-bond donors (Lipinski definition) is 1. The van der Waals surface area contributed by atoms with Gasteiger partial charge in [-0.3, -0.25) is 0 Å². The van der Waals surface area contributed by atoms with Gasteiger partial charge in [0.15, 0.2) is 0 Å². The lowest BCUT2D eigenvalue weighted by Crippen LogP contribution is -2.01. The summed E-state index contributed by atoms with van der Waals surface area (Å²) < 4.78 is 13.5. The van der Waals surface area contributed by atoms with Gasteiger partial charge < -0.3 is 5.32 Å². The molecule has 2 rings (SSSR count). The summed E-state index contributed by atoms with van der Waals surface area (Å²) in [6.07, 6.45) is 0. The second kappa shape index (κ2) is 4.81. The van der Waals surface area contributed by atoms with Crippen molar-refractivity contribution < 1.29 is 4.39 Å². The maximum Gasteiger partial charge on any atom is 0.232 e. The molecule has 0 bridgehead atoms. The van der Waals surface area contributed by atoms with Gasteiger partial charge in [-0.15, -0.1) is 0 Å².